The fraction of sp³-hybridized carbons (Fsp3) is 0.120. The maximum absolute atomic E-state index is 12.2. The molecule has 0 heterocycles. The van der Waals surface area contributed by atoms with Crippen LogP contribution < -0.4 is 11.5 Å². The van der Waals surface area contributed by atoms with Crippen LogP contribution in [0.1, 0.15) is 5.56 Å². The normalized spacial score (nSPS) is 12.6. The van der Waals surface area contributed by atoms with Gasteiger partial charge in [-0.3, -0.25) is 4.55 Å². The largest absolute Gasteiger partial charge is 0.396 e. The van der Waals surface area contributed by atoms with Crippen molar-refractivity contribution in [3.63, 3.8) is 0 Å². The average Bonchev–Trinajstić information content (AvgIpc) is 2.88. The maximum atomic E-state index is 12.2. The smallest absolute Gasteiger partial charge is 0.296 e. The van der Waals surface area contributed by atoms with Gasteiger partial charge < -0.3 is 16.6 Å². The second-order valence-electron chi connectivity index (χ2n) is 8.47. The molecule has 202 valence electrons. The first-order valence-electron chi connectivity index (χ1n) is 11.4. The summed E-state index contributed by atoms with van der Waals surface area (Å²) < 4.78 is 58.2. The zero-order chi connectivity index (χ0) is 28.4. The van der Waals surface area contributed by atoms with E-state index < -0.39 is 37.1 Å². The first-order valence-corrected chi connectivity index (χ1v) is 14.5. The number of aryl methyl sites for hydroxylation is 1. The van der Waals surface area contributed by atoms with Gasteiger partial charge in [-0.1, -0.05) is 30.3 Å². The highest BCUT2D eigenvalue weighted by Gasteiger charge is 2.22. The van der Waals surface area contributed by atoms with Crippen LogP contribution >= 0.6 is 0 Å². The molecule has 0 atom stereocenters. The topological polar surface area (TPSA) is 210 Å². The molecule has 14 heteroatoms. The molecule has 0 aromatic heterocycles. The van der Waals surface area contributed by atoms with Gasteiger partial charge in [-0.15, -0.1) is 10.2 Å². The molecule has 0 radical (unpaired) electrons. The molecule has 0 amide bonds. The summed E-state index contributed by atoms with van der Waals surface area (Å²) >= 11 is 0. The van der Waals surface area contributed by atoms with E-state index in [9.17, 15) is 21.4 Å². The van der Waals surface area contributed by atoms with Crippen molar-refractivity contribution < 1.29 is 26.5 Å². The van der Waals surface area contributed by atoms with Crippen LogP contribution in [0.15, 0.2) is 97.0 Å². The lowest BCUT2D eigenvalue weighted by atomic mass is 10.1. The van der Waals surface area contributed by atoms with Crippen molar-refractivity contribution >= 4 is 64.9 Å². The molecule has 0 aliphatic carbocycles. The van der Waals surface area contributed by atoms with Crippen molar-refractivity contribution in [1.29, 1.82) is 0 Å². The Kier molecular flexibility index (Phi) is 7.74. The van der Waals surface area contributed by atoms with Crippen molar-refractivity contribution in [2.24, 2.45) is 20.5 Å². The Morgan fingerprint density at radius 3 is 2.13 bits per heavy atom. The third-order valence-electron chi connectivity index (χ3n) is 5.76. The SMILES string of the molecule is Cc1ccccc1/N=N/c1c(N)c(/N=N/c2ccc3cc(S(=O)(=O)CCO)ccc3c2)cc(S(=O)(=O)O)c1N. The second-order valence-corrected chi connectivity index (χ2v) is 12.0. The number of benzene rings is 4. The van der Waals surface area contributed by atoms with Crippen molar-refractivity contribution in [2.45, 2.75) is 16.7 Å². The molecule has 4 aromatic rings. The van der Waals surface area contributed by atoms with Gasteiger partial charge in [0.2, 0.25) is 0 Å². The summed E-state index contributed by atoms with van der Waals surface area (Å²) in [6.45, 7) is 1.33. The Hall–Kier alpha value is -4.24. The van der Waals surface area contributed by atoms with E-state index in [1.54, 1.807) is 36.4 Å². The summed E-state index contributed by atoms with van der Waals surface area (Å²) in [6.07, 6.45) is 0. The fourth-order valence-corrected chi connectivity index (χ4v) is 5.36. The number of aliphatic hydroxyl groups is 1. The highest BCUT2D eigenvalue weighted by atomic mass is 32.2. The molecule has 0 aliphatic heterocycles. The van der Waals surface area contributed by atoms with Gasteiger partial charge in [0.15, 0.2) is 9.84 Å². The standard InChI is InChI=1S/C25H24N6O6S2/c1-15-4-2-3-5-20(15)29-31-25-23(26)21(14-22(24(25)27)39(35,36)37)30-28-18-8-6-17-13-19(9-7-16(17)12-18)38(33,34)11-10-32/h2-9,12-14,32H,10-11,26-27H2,1H3,(H,35,36,37)/b30-28+,31-29+. The minimum atomic E-state index is -4.77. The molecule has 4 aromatic carbocycles. The van der Waals surface area contributed by atoms with Crippen LogP contribution in [0.4, 0.5) is 34.1 Å². The lowest BCUT2D eigenvalue weighted by molar-refractivity contribution is 0.319. The van der Waals surface area contributed by atoms with Crippen molar-refractivity contribution in [2.75, 3.05) is 23.8 Å². The predicted octanol–water partition coefficient (Wildman–Crippen LogP) is 5.16. The first-order chi connectivity index (χ1) is 18.4. The summed E-state index contributed by atoms with van der Waals surface area (Å²) in [5, 5.41) is 26.6. The number of nitrogen functional groups attached to an aromatic ring is 2. The quantitative estimate of drug-likeness (QED) is 0.126. The second kappa shape index (κ2) is 10.9. The Morgan fingerprint density at radius 1 is 0.769 bits per heavy atom. The Morgan fingerprint density at radius 2 is 1.44 bits per heavy atom. The number of sulfone groups is 1. The van der Waals surface area contributed by atoms with Gasteiger partial charge in [0.1, 0.15) is 16.3 Å². The van der Waals surface area contributed by atoms with E-state index in [0.717, 1.165) is 11.6 Å². The summed E-state index contributed by atoms with van der Waals surface area (Å²) in [5.41, 5.74) is 13.0. The molecule has 4 rings (SSSR count). The van der Waals surface area contributed by atoms with Gasteiger partial charge in [0.25, 0.3) is 10.1 Å². The molecule has 0 saturated carbocycles. The van der Waals surface area contributed by atoms with Crippen molar-refractivity contribution in [3.05, 3.63) is 72.3 Å². The zero-order valence-electron chi connectivity index (χ0n) is 20.6. The van der Waals surface area contributed by atoms with E-state index in [4.69, 9.17) is 16.6 Å². The van der Waals surface area contributed by atoms with Gasteiger partial charge in [0, 0.05) is 0 Å². The zero-order valence-corrected chi connectivity index (χ0v) is 22.2. The summed E-state index contributed by atoms with van der Waals surface area (Å²) in [5.74, 6) is -0.383. The molecule has 0 aliphatic rings. The Labute approximate surface area is 224 Å². The number of hydrogen-bond acceptors (Lipinski definition) is 11. The van der Waals surface area contributed by atoms with Crippen LogP contribution in [0.5, 0.6) is 0 Å². The molecular weight excluding hydrogens is 544 g/mol. The van der Waals surface area contributed by atoms with E-state index in [2.05, 4.69) is 20.5 Å². The highest BCUT2D eigenvalue weighted by Crippen LogP contribution is 2.43. The number of azo groups is 2. The third-order valence-corrected chi connectivity index (χ3v) is 8.34. The number of nitrogens with two attached hydrogens (primary N) is 2. The van der Waals surface area contributed by atoms with E-state index in [-0.39, 0.29) is 27.7 Å². The number of hydrogen-bond donors (Lipinski definition) is 4. The summed E-state index contributed by atoms with van der Waals surface area (Å²) in [7, 11) is -8.38. The van der Waals surface area contributed by atoms with Crippen LogP contribution in [0.2, 0.25) is 0 Å². The molecule has 0 saturated heterocycles. The number of nitrogens with zero attached hydrogens (tertiary/aromatic N) is 4. The Balaban J connectivity index is 1.75. The average molecular weight is 569 g/mol. The van der Waals surface area contributed by atoms with Gasteiger partial charge in [0.05, 0.1) is 40.0 Å². The van der Waals surface area contributed by atoms with Crippen molar-refractivity contribution in [1.82, 2.24) is 0 Å². The number of aliphatic hydroxyl groups excluding tert-OH is 1. The minimum absolute atomic E-state index is 0.0817. The number of fused-ring (bicyclic) bond motifs is 1. The summed E-state index contributed by atoms with van der Waals surface area (Å²) in [4.78, 5) is -0.572. The maximum Gasteiger partial charge on any atom is 0.296 e. The molecule has 0 fully saturated rings. The van der Waals surface area contributed by atoms with E-state index in [1.807, 2.05) is 19.1 Å². The minimum Gasteiger partial charge on any atom is -0.396 e. The Bertz CT molecular complexity index is 1850. The molecule has 6 N–H and O–H groups in total. The third kappa shape index (κ3) is 6.09. The first kappa shape index (κ1) is 27.8. The van der Waals surface area contributed by atoms with Crippen LogP contribution in [0, 0.1) is 6.92 Å². The van der Waals surface area contributed by atoms with Gasteiger partial charge in [-0.05, 0) is 59.7 Å². The van der Waals surface area contributed by atoms with E-state index >= 15 is 0 Å². The van der Waals surface area contributed by atoms with Gasteiger partial charge in [-0.2, -0.15) is 18.6 Å². The molecule has 12 nitrogen and oxygen atoms in total. The number of rotatable bonds is 8. The van der Waals surface area contributed by atoms with E-state index in [1.165, 1.54) is 12.1 Å². The van der Waals surface area contributed by atoms with Crippen LogP contribution in [0.25, 0.3) is 10.8 Å². The highest BCUT2D eigenvalue weighted by molar-refractivity contribution is 7.91. The molecule has 0 bridgehead atoms. The lowest BCUT2D eigenvalue weighted by Gasteiger charge is -2.10. The van der Waals surface area contributed by atoms with Gasteiger partial charge in [-0.25, -0.2) is 8.42 Å². The fourth-order valence-electron chi connectivity index (χ4n) is 3.66. The van der Waals surface area contributed by atoms with Crippen LogP contribution in [0.3, 0.4) is 0 Å². The molecular formula is C25H24N6O6S2. The lowest BCUT2D eigenvalue weighted by Crippen LogP contribution is -2.09. The van der Waals surface area contributed by atoms with Gasteiger partial charge >= 0.3 is 0 Å². The molecule has 0 spiro atoms. The molecule has 0 unspecified atom stereocenters. The van der Waals surface area contributed by atoms with E-state index in [0.29, 0.717) is 22.1 Å². The van der Waals surface area contributed by atoms with Crippen LogP contribution in [-0.4, -0.2) is 38.9 Å². The van der Waals surface area contributed by atoms with Crippen molar-refractivity contribution in [3.8, 4) is 0 Å². The monoisotopic (exact) mass is 568 g/mol. The predicted molar refractivity (Wildman–Crippen MR) is 148 cm³/mol. The summed E-state index contributed by atoms with van der Waals surface area (Å²) in [6, 6.07) is 17.4. The number of anilines is 2. The molecule has 39 heavy (non-hydrogen) atoms. The van der Waals surface area contributed by atoms with Crippen LogP contribution in [-0.2, 0) is 20.0 Å².